The van der Waals surface area contributed by atoms with E-state index in [1.54, 1.807) is 28.4 Å². The van der Waals surface area contributed by atoms with Gasteiger partial charge >= 0.3 is 0 Å². The predicted octanol–water partition coefficient (Wildman–Crippen LogP) is 3.71. The Labute approximate surface area is 214 Å². The molecular formula is C24H27ClN4O4S2. The van der Waals surface area contributed by atoms with Crippen molar-refractivity contribution >= 4 is 54.2 Å². The van der Waals surface area contributed by atoms with Crippen molar-refractivity contribution in [1.82, 2.24) is 14.2 Å². The Kier molecular flexibility index (Phi) is 6.75. The summed E-state index contributed by atoms with van der Waals surface area (Å²) in [5, 5.41) is 1.62. The minimum atomic E-state index is -3.64. The summed E-state index contributed by atoms with van der Waals surface area (Å²) in [6.07, 6.45) is -0.317. The summed E-state index contributed by atoms with van der Waals surface area (Å²) in [4.78, 5) is 21.9. The molecule has 2 aromatic carbocycles. The zero-order chi connectivity index (χ0) is 24.7. The lowest BCUT2D eigenvalue weighted by Crippen LogP contribution is -2.48. The number of piperazine rings is 1. The third-order valence-corrected chi connectivity index (χ3v) is 9.46. The molecule has 0 radical (unpaired) electrons. The van der Waals surface area contributed by atoms with Gasteiger partial charge in [-0.25, -0.2) is 13.4 Å². The van der Waals surface area contributed by atoms with Crippen molar-refractivity contribution < 1.29 is 17.9 Å². The largest absolute Gasteiger partial charge is 0.373 e. The van der Waals surface area contributed by atoms with Crippen molar-refractivity contribution in [2.75, 3.05) is 44.2 Å². The summed E-state index contributed by atoms with van der Waals surface area (Å²) in [7, 11) is -3.64. The molecule has 0 saturated carbocycles. The molecule has 186 valence electrons. The average Bonchev–Trinajstić information content (AvgIpc) is 3.26. The van der Waals surface area contributed by atoms with Crippen molar-refractivity contribution in [1.29, 1.82) is 0 Å². The van der Waals surface area contributed by atoms with Gasteiger partial charge in [-0.2, -0.15) is 4.31 Å². The predicted molar refractivity (Wildman–Crippen MR) is 138 cm³/mol. The molecule has 0 aliphatic carbocycles. The molecule has 35 heavy (non-hydrogen) atoms. The fraction of sp³-hybridized carbons (Fsp3) is 0.417. The molecule has 0 bridgehead atoms. The van der Waals surface area contributed by atoms with Crippen LogP contribution in [0.1, 0.15) is 24.2 Å². The van der Waals surface area contributed by atoms with Gasteiger partial charge in [0.2, 0.25) is 10.0 Å². The lowest BCUT2D eigenvalue weighted by Gasteiger charge is -2.35. The van der Waals surface area contributed by atoms with E-state index in [4.69, 9.17) is 21.3 Å². The van der Waals surface area contributed by atoms with Gasteiger partial charge in [0.05, 0.1) is 27.3 Å². The molecule has 2 aliphatic heterocycles. The van der Waals surface area contributed by atoms with Gasteiger partial charge in [-0.05, 0) is 56.3 Å². The Bertz CT molecular complexity index is 1330. The van der Waals surface area contributed by atoms with Gasteiger partial charge < -0.3 is 14.5 Å². The molecule has 11 heteroatoms. The molecule has 3 heterocycles. The Morgan fingerprint density at radius 2 is 1.69 bits per heavy atom. The van der Waals surface area contributed by atoms with Crippen LogP contribution in [-0.2, 0) is 14.8 Å². The highest BCUT2D eigenvalue weighted by Gasteiger charge is 2.32. The number of rotatable bonds is 4. The lowest BCUT2D eigenvalue weighted by molar-refractivity contribution is -0.0440. The molecule has 3 aromatic rings. The quantitative estimate of drug-likeness (QED) is 0.507. The SMILES string of the molecule is CC1CN(S(=O)(=O)c2ccc(C(=O)N3CCN(c4nc5ccc(Cl)cc5s4)CC3)cc2)CC(C)O1. The van der Waals surface area contributed by atoms with Crippen LogP contribution in [0.5, 0.6) is 0 Å². The summed E-state index contributed by atoms with van der Waals surface area (Å²) >= 11 is 7.69. The van der Waals surface area contributed by atoms with Crippen molar-refractivity contribution in [3.63, 3.8) is 0 Å². The fourth-order valence-electron chi connectivity index (χ4n) is 4.55. The van der Waals surface area contributed by atoms with E-state index < -0.39 is 10.0 Å². The summed E-state index contributed by atoms with van der Waals surface area (Å²) in [5.41, 5.74) is 1.40. The van der Waals surface area contributed by atoms with Crippen molar-refractivity contribution in [3.05, 3.63) is 53.1 Å². The number of ether oxygens (including phenoxy) is 1. The number of nitrogens with zero attached hydrogens (tertiary/aromatic N) is 4. The van der Waals surface area contributed by atoms with E-state index in [1.807, 2.05) is 32.0 Å². The van der Waals surface area contributed by atoms with E-state index in [2.05, 4.69) is 4.90 Å². The van der Waals surface area contributed by atoms with E-state index in [0.29, 0.717) is 49.9 Å². The maximum absolute atomic E-state index is 13.1. The third-order valence-electron chi connectivity index (χ3n) is 6.30. The van der Waals surface area contributed by atoms with Gasteiger partial charge in [0.15, 0.2) is 5.13 Å². The van der Waals surface area contributed by atoms with E-state index in [0.717, 1.165) is 15.3 Å². The maximum atomic E-state index is 13.1. The monoisotopic (exact) mass is 534 g/mol. The standard InChI is InChI=1S/C24H27ClN4O4S2/c1-16-14-29(15-17(2)33-16)35(31,32)20-6-3-18(4-7-20)23(30)27-9-11-28(12-10-27)24-26-21-8-5-19(25)13-22(21)34-24/h3-8,13,16-17H,9-12,14-15H2,1-2H3. The minimum Gasteiger partial charge on any atom is -0.373 e. The lowest BCUT2D eigenvalue weighted by atomic mass is 10.2. The Hall–Kier alpha value is -2.24. The number of hydrogen-bond acceptors (Lipinski definition) is 7. The highest BCUT2D eigenvalue weighted by Crippen LogP contribution is 2.31. The van der Waals surface area contributed by atoms with Crippen LogP contribution in [0.25, 0.3) is 10.2 Å². The summed E-state index contributed by atoms with van der Waals surface area (Å²) in [5.74, 6) is -0.0988. The number of carbonyl (C=O) groups is 1. The molecule has 1 amide bonds. The molecule has 5 rings (SSSR count). The number of aromatic nitrogens is 1. The van der Waals surface area contributed by atoms with Gasteiger partial charge in [-0.3, -0.25) is 4.79 Å². The number of hydrogen-bond donors (Lipinski definition) is 0. The maximum Gasteiger partial charge on any atom is 0.253 e. The highest BCUT2D eigenvalue weighted by molar-refractivity contribution is 7.89. The number of carbonyl (C=O) groups excluding carboxylic acids is 1. The summed E-state index contributed by atoms with van der Waals surface area (Å²) in [6.45, 7) is 6.87. The molecule has 2 saturated heterocycles. The first kappa shape index (κ1) is 24.5. The van der Waals surface area contributed by atoms with Crippen LogP contribution in [0.2, 0.25) is 5.02 Å². The number of anilines is 1. The second kappa shape index (κ2) is 9.67. The Morgan fingerprint density at radius 3 is 2.34 bits per heavy atom. The van der Waals surface area contributed by atoms with E-state index in [9.17, 15) is 13.2 Å². The molecule has 2 fully saturated rings. The average molecular weight is 535 g/mol. The zero-order valence-corrected chi connectivity index (χ0v) is 21.9. The fourth-order valence-corrected chi connectivity index (χ4v) is 7.43. The molecule has 0 spiro atoms. The molecule has 0 N–H and O–H groups in total. The number of benzene rings is 2. The van der Waals surface area contributed by atoms with Crippen LogP contribution < -0.4 is 4.90 Å². The normalized spacial score (nSPS) is 22.0. The number of fused-ring (bicyclic) bond motifs is 1. The Balaban J connectivity index is 1.23. The number of morpholine rings is 1. The number of amides is 1. The summed E-state index contributed by atoms with van der Waals surface area (Å²) < 4.78 is 34.3. The molecule has 2 atom stereocenters. The van der Waals surface area contributed by atoms with Crippen LogP contribution in [0.3, 0.4) is 0 Å². The first-order valence-corrected chi connectivity index (χ1v) is 14.2. The van der Waals surface area contributed by atoms with E-state index in [1.165, 1.54) is 16.4 Å². The number of sulfonamides is 1. The Morgan fingerprint density at radius 1 is 1.03 bits per heavy atom. The van der Waals surface area contributed by atoms with Gasteiger partial charge in [0, 0.05) is 49.9 Å². The highest BCUT2D eigenvalue weighted by atomic mass is 35.5. The topological polar surface area (TPSA) is 83.1 Å². The first-order chi connectivity index (χ1) is 16.7. The second-order valence-corrected chi connectivity index (χ2v) is 12.4. The van der Waals surface area contributed by atoms with Gasteiger partial charge in [0.25, 0.3) is 5.91 Å². The molecular weight excluding hydrogens is 508 g/mol. The van der Waals surface area contributed by atoms with E-state index in [-0.39, 0.29) is 23.0 Å². The van der Waals surface area contributed by atoms with Crippen LogP contribution >= 0.6 is 22.9 Å². The van der Waals surface area contributed by atoms with Crippen molar-refractivity contribution in [2.45, 2.75) is 31.0 Å². The molecule has 2 aliphatic rings. The first-order valence-electron chi connectivity index (χ1n) is 11.6. The van der Waals surface area contributed by atoms with Crippen molar-refractivity contribution in [2.24, 2.45) is 0 Å². The van der Waals surface area contributed by atoms with Gasteiger partial charge in [-0.15, -0.1) is 0 Å². The van der Waals surface area contributed by atoms with Gasteiger partial charge in [-0.1, -0.05) is 22.9 Å². The molecule has 2 unspecified atom stereocenters. The number of halogens is 1. The second-order valence-electron chi connectivity index (χ2n) is 8.99. The van der Waals surface area contributed by atoms with Crippen LogP contribution in [0.15, 0.2) is 47.4 Å². The summed E-state index contributed by atoms with van der Waals surface area (Å²) in [6, 6.07) is 11.9. The molecule has 8 nitrogen and oxygen atoms in total. The van der Waals surface area contributed by atoms with E-state index >= 15 is 0 Å². The van der Waals surface area contributed by atoms with Gasteiger partial charge in [0.1, 0.15) is 0 Å². The minimum absolute atomic E-state index is 0.0988. The smallest absolute Gasteiger partial charge is 0.253 e. The number of thiazole rings is 1. The van der Waals surface area contributed by atoms with Crippen LogP contribution in [-0.4, -0.2) is 80.0 Å². The van der Waals surface area contributed by atoms with Crippen LogP contribution in [0, 0.1) is 0 Å². The van der Waals surface area contributed by atoms with Crippen LogP contribution in [0.4, 0.5) is 5.13 Å². The van der Waals surface area contributed by atoms with Crippen molar-refractivity contribution in [3.8, 4) is 0 Å². The third kappa shape index (κ3) is 5.03. The molecule has 1 aromatic heterocycles. The zero-order valence-electron chi connectivity index (χ0n) is 19.6.